The minimum absolute atomic E-state index is 0.00249. The molecule has 0 unspecified atom stereocenters. The van der Waals surface area contributed by atoms with E-state index in [4.69, 9.17) is 21.1 Å². The monoisotopic (exact) mass is 345 g/mol. The summed E-state index contributed by atoms with van der Waals surface area (Å²) in [6, 6.07) is 13.4. The van der Waals surface area contributed by atoms with E-state index in [-0.39, 0.29) is 11.9 Å². The average molecular weight is 346 g/mol. The standard InChI is InChI=1S/C19H20ClNO3/c1-13(21-19(22)8-7-14-5-3-2-4-6-14)15-11-17-18(12-16(15)20)24-10-9-23-17/h2-6,11-13H,7-10H2,1H3,(H,21,22)/t13-/m0/s1. The van der Waals surface area contributed by atoms with Gasteiger partial charge in [-0.1, -0.05) is 41.9 Å². The molecular weight excluding hydrogens is 326 g/mol. The number of carbonyl (C=O) groups excluding carboxylic acids is 1. The molecule has 0 fully saturated rings. The fourth-order valence-electron chi connectivity index (χ4n) is 2.71. The molecule has 4 nitrogen and oxygen atoms in total. The first kappa shape index (κ1) is 16.7. The third kappa shape index (κ3) is 4.01. The summed E-state index contributed by atoms with van der Waals surface area (Å²) in [5, 5.41) is 3.56. The highest BCUT2D eigenvalue weighted by Gasteiger charge is 2.19. The van der Waals surface area contributed by atoms with Crippen molar-refractivity contribution in [3.05, 3.63) is 58.6 Å². The van der Waals surface area contributed by atoms with Crippen LogP contribution in [-0.2, 0) is 11.2 Å². The van der Waals surface area contributed by atoms with Gasteiger partial charge in [0.05, 0.1) is 6.04 Å². The van der Waals surface area contributed by atoms with Gasteiger partial charge in [0.25, 0.3) is 0 Å². The summed E-state index contributed by atoms with van der Waals surface area (Å²) in [5.41, 5.74) is 1.98. The van der Waals surface area contributed by atoms with Crippen LogP contribution in [0.5, 0.6) is 11.5 Å². The Hall–Kier alpha value is -2.20. The summed E-state index contributed by atoms with van der Waals surface area (Å²) >= 11 is 6.33. The highest BCUT2D eigenvalue weighted by molar-refractivity contribution is 6.31. The number of amides is 1. The third-order valence-corrected chi connectivity index (χ3v) is 4.32. The molecule has 1 atom stereocenters. The first-order valence-electron chi connectivity index (χ1n) is 8.06. The van der Waals surface area contributed by atoms with Crippen molar-refractivity contribution < 1.29 is 14.3 Å². The Morgan fingerprint density at radius 1 is 1.17 bits per heavy atom. The van der Waals surface area contributed by atoms with Gasteiger partial charge in [0.1, 0.15) is 13.2 Å². The number of hydrogen-bond donors (Lipinski definition) is 1. The molecule has 0 saturated carbocycles. The number of benzene rings is 2. The van der Waals surface area contributed by atoms with E-state index in [0.29, 0.717) is 42.6 Å². The van der Waals surface area contributed by atoms with Gasteiger partial charge in [-0.15, -0.1) is 0 Å². The highest BCUT2D eigenvalue weighted by Crippen LogP contribution is 2.37. The Bertz CT molecular complexity index is 718. The van der Waals surface area contributed by atoms with Crippen molar-refractivity contribution in [2.24, 2.45) is 0 Å². The minimum Gasteiger partial charge on any atom is -0.486 e. The summed E-state index contributed by atoms with van der Waals surface area (Å²) in [6.07, 6.45) is 1.16. The van der Waals surface area contributed by atoms with Crippen LogP contribution in [0.2, 0.25) is 5.02 Å². The Morgan fingerprint density at radius 2 is 1.83 bits per heavy atom. The van der Waals surface area contributed by atoms with Crippen LogP contribution >= 0.6 is 11.6 Å². The van der Waals surface area contributed by atoms with E-state index in [1.54, 1.807) is 6.07 Å². The second kappa shape index (κ2) is 7.58. The van der Waals surface area contributed by atoms with E-state index in [9.17, 15) is 4.79 Å². The highest BCUT2D eigenvalue weighted by atomic mass is 35.5. The average Bonchev–Trinajstić information content (AvgIpc) is 2.60. The fourth-order valence-corrected chi connectivity index (χ4v) is 3.02. The Balaban J connectivity index is 1.62. The molecule has 1 amide bonds. The summed E-state index contributed by atoms with van der Waals surface area (Å²) in [5.74, 6) is 1.32. The molecule has 1 aliphatic rings. The SMILES string of the molecule is C[C@H](NC(=O)CCc1ccccc1)c1cc2c(cc1Cl)OCCO2. The maximum Gasteiger partial charge on any atom is 0.220 e. The predicted octanol–water partition coefficient (Wildman–Crippen LogP) is 3.92. The molecule has 0 bridgehead atoms. The van der Waals surface area contributed by atoms with Gasteiger partial charge >= 0.3 is 0 Å². The molecule has 0 saturated heterocycles. The van der Waals surface area contributed by atoms with Gasteiger partial charge < -0.3 is 14.8 Å². The predicted molar refractivity (Wildman–Crippen MR) is 93.8 cm³/mol. The maximum atomic E-state index is 12.2. The number of fused-ring (bicyclic) bond motifs is 1. The molecule has 3 rings (SSSR count). The molecule has 0 aliphatic carbocycles. The number of halogens is 1. The van der Waals surface area contributed by atoms with Gasteiger partial charge in [-0.2, -0.15) is 0 Å². The molecule has 1 N–H and O–H groups in total. The number of nitrogens with one attached hydrogen (secondary N) is 1. The van der Waals surface area contributed by atoms with Crippen LogP contribution in [0.15, 0.2) is 42.5 Å². The van der Waals surface area contributed by atoms with E-state index in [1.165, 1.54) is 0 Å². The van der Waals surface area contributed by atoms with Crippen molar-refractivity contribution in [1.29, 1.82) is 0 Å². The second-order valence-electron chi connectivity index (χ2n) is 5.79. The van der Waals surface area contributed by atoms with E-state index >= 15 is 0 Å². The Labute approximate surface area is 146 Å². The molecule has 24 heavy (non-hydrogen) atoms. The van der Waals surface area contributed by atoms with Crippen LogP contribution in [0.25, 0.3) is 0 Å². The van der Waals surface area contributed by atoms with Crippen LogP contribution < -0.4 is 14.8 Å². The van der Waals surface area contributed by atoms with E-state index in [1.807, 2.05) is 43.3 Å². The Kier molecular flexibility index (Phi) is 5.26. The van der Waals surface area contributed by atoms with Crippen molar-refractivity contribution in [2.45, 2.75) is 25.8 Å². The molecule has 2 aromatic rings. The van der Waals surface area contributed by atoms with Crippen molar-refractivity contribution >= 4 is 17.5 Å². The zero-order chi connectivity index (χ0) is 16.9. The zero-order valence-electron chi connectivity index (χ0n) is 13.5. The first-order chi connectivity index (χ1) is 11.6. The molecule has 0 spiro atoms. The summed E-state index contributed by atoms with van der Waals surface area (Å²) in [4.78, 5) is 12.2. The van der Waals surface area contributed by atoms with Crippen molar-refractivity contribution in [2.75, 3.05) is 13.2 Å². The summed E-state index contributed by atoms with van der Waals surface area (Å²) in [7, 11) is 0. The van der Waals surface area contributed by atoms with Gasteiger partial charge in [-0.05, 0) is 30.5 Å². The minimum atomic E-state index is -0.198. The normalized spacial score (nSPS) is 14.1. The molecule has 5 heteroatoms. The van der Waals surface area contributed by atoms with Gasteiger partial charge in [0, 0.05) is 17.5 Å². The smallest absolute Gasteiger partial charge is 0.220 e. The quantitative estimate of drug-likeness (QED) is 0.893. The van der Waals surface area contributed by atoms with Crippen molar-refractivity contribution in [3.63, 3.8) is 0 Å². The number of carbonyl (C=O) groups is 1. The van der Waals surface area contributed by atoms with E-state index in [0.717, 1.165) is 11.1 Å². The van der Waals surface area contributed by atoms with Crippen LogP contribution in [-0.4, -0.2) is 19.1 Å². The molecule has 2 aromatic carbocycles. The van der Waals surface area contributed by atoms with Crippen molar-refractivity contribution in [1.82, 2.24) is 5.32 Å². The lowest BCUT2D eigenvalue weighted by Crippen LogP contribution is -2.27. The summed E-state index contributed by atoms with van der Waals surface area (Å²) < 4.78 is 11.1. The number of ether oxygens (including phenoxy) is 2. The van der Waals surface area contributed by atoms with Gasteiger partial charge in [-0.25, -0.2) is 0 Å². The zero-order valence-corrected chi connectivity index (χ0v) is 14.3. The maximum absolute atomic E-state index is 12.2. The lowest BCUT2D eigenvalue weighted by Gasteiger charge is -2.22. The molecule has 0 aromatic heterocycles. The van der Waals surface area contributed by atoms with Gasteiger partial charge in [0.15, 0.2) is 11.5 Å². The number of hydrogen-bond acceptors (Lipinski definition) is 3. The largest absolute Gasteiger partial charge is 0.486 e. The number of aryl methyl sites for hydroxylation is 1. The Morgan fingerprint density at radius 3 is 2.54 bits per heavy atom. The van der Waals surface area contributed by atoms with Crippen LogP contribution in [0, 0.1) is 0 Å². The third-order valence-electron chi connectivity index (χ3n) is 3.99. The first-order valence-corrected chi connectivity index (χ1v) is 8.43. The lowest BCUT2D eigenvalue weighted by atomic mass is 10.1. The number of rotatable bonds is 5. The lowest BCUT2D eigenvalue weighted by molar-refractivity contribution is -0.121. The van der Waals surface area contributed by atoms with E-state index < -0.39 is 0 Å². The van der Waals surface area contributed by atoms with Crippen molar-refractivity contribution in [3.8, 4) is 11.5 Å². The molecule has 0 radical (unpaired) electrons. The van der Waals surface area contributed by atoms with Crippen LogP contribution in [0.4, 0.5) is 0 Å². The molecule has 1 heterocycles. The molecule has 126 valence electrons. The molecule has 1 aliphatic heterocycles. The second-order valence-corrected chi connectivity index (χ2v) is 6.20. The van der Waals surface area contributed by atoms with Gasteiger partial charge in [0.2, 0.25) is 5.91 Å². The van der Waals surface area contributed by atoms with Crippen LogP contribution in [0.3, 0.4) is 0 Å². The fraction of sp³-hybridized carbons (Fsp3) is 0.316. The summed E-state index contributed by atoms with van der Waals surface area (Å²) in [6.45, 7) is 2.96. The van der Waals surface area contributed by atoms with Crippen LogP contribution in [0.1, 0.15) is 30.5 Å². The molecular formula is C19H20ClNO3. The topological polar surface area (TPSA) is 47.6 Å². The van der Waals surface area contributed by atoms with Gasteiger partial charge in [-0.3, -0.25) is 4.79 Å². The van der Waals surface area contributed by atoms with E-state index in [2.05, 4.69) is 5.32 Å².